The number of hydrogen-bond donors (Lipinski definition) is 0. The third kappa shape index (κ3) is 6.35. The highest BCUT2D eigenvalue weighted by atomic mass is 28.4. The van der Waals surface area contributed by atoms with Crippen molar-refractivity contribution in [3.05, 3.63) is 0 Å². The molecule has 0 saturated heterocycles. The summed E-state index contributed by atoms with van der Waals surface area (Å²) in [6, 6.07) is -2.95. The second kappa shape index (κ2) is 12.2. The predicted octanol–water partition coefficient (Wildman–Crippen LogP) is 5.97. The van der Waals surface area contributed by atoms with E-state index in [0.717, 1.165) is 42.7 Å². The van der Waals surface area contributed by atoms with Crippen LogP contribution in [0.15, 0.2) is 0 Å². The Morgan fingerprint density at radius 3 is 0.718 bits per heavy atom. The van der Waals surface area contributed by atoms with Crippen molar-refractivity contribution in [3.8, 4) is 0 Å². The van der Waals surface area contributed by atoms with Crippen molar-refractivity contribution in [2.45, 2.75) is 66.4 Å². The SMILES string of the molecule is CO[Si](CCC(F)(F)C(F)(F)C(F)(F)C(F)(F)C(F)(F)C(F)(F)C(F)(F)CC[Si](OC)(OC)OC)(OC)OC. The van der Waals surface area contributed by atoms with E-state index in [1.165, 1.54) is 0 Å². The first kappa shape index (κ1) is 38.2. The molecule has 0 saturated carbocycles. The van der Waals surface area contributed by atoms with Crippen LogP contribution in [0, 0.1) is 0 Å². The van der Waals surface area contributed by atoms with Gasteiger partial charge in [-0.25, -0.2) is 0 Å². The van der Waals surface area contributed by atoms with Crippen LogP contribution < -0.4 is 0 Å². The van der Waals surface area contributed by atoms with Crippen molar-refractivity contribution in [2.75, 3.05) is 42.7 Å². The summed E-state index contributed by atoms with van der Waals surface area (Å²) in [5.41, 5.74) is 0. The highest BCUT2D eigenvalue weighted by Crippen LogP contribution is 2.63. The average Bonchev–Trinajstić information content (AvgIpc) is 2.85. The minimum absolute atomic E-state index is 0.750. The molecule has 0 aliphatic rings. The summed E-state index contributed by atoms with van der Waals surface area (Å²) < 4.78 is 225. The van der Waals surface area contributed by atoms with Gasteiger partial charge in [-0.05, 0) is 0 Å². The minimum Gasteiger partial charge on any atom is -0.377 e. The Hall–Kier alpha value is -0.786. The van der Waals surface area contributed by atoms with E-state index in [-0.39, 0.29) is 0 Å². The highest BCUT2D eigenvalue weighted by molar-refractivity contribution is 6.60. The summed E-state index contributed by atoms with van der Waals surface area (Å²) in [7, 11) is -4.06. The third-order valence-electron chi connectivity index (χ3n) is 5.85. The topological polar surface area (TPSA) is 55.4 Å². The molecule has 0 aromatic carbocycles. The van der Waals surface area contributed by atoms with Gasteiger partial charge in [-0.3, -0.25) is 0 Å². The molecule has 0 aliphatic heterocycles. The average molecular weight is 649 g/mol. The predicted molar refractivity (Wildman–Crippen MR) is 107 cm³/mol. The van der Waals surface area contributed by atoms with Gasteiger partial charge in [0.15, 0.2) is 0 Å². The molecule has 0 spiro atoms. The zero-order chi connectivity index (χ0) is 31.6. The first-order valence-corrected chi connectivity index (χ1v) is 14.1. The fourth-order valence-electron chi connectivity index (χ4n) is 3.10. The lowest BCUT2D eigenvalue weighted by molar-refractivity contribution is -0.441. The van der Waals surface area contributed by atoms with Crippen LogP contribution in [0.3, 0.4) is 0 Å². The Balaban J connectivity index is 6.46. The van der Waals surface area contributed by atoms with Crippen LogP contribution in [0.25, 0.3) is 0 Å². The molecule has 0 heterocycles. The maximum Gasteiger partial charge on any atom is 0.500 e. The maximum atomic E-state index is 14.1. The molecule has 0 aromatic rings. The van der Waals surface area contributed by atoms with Crippen molar-refractivity contribution < 1.29 is 88.0 Å². The van der Waals surface area contributed by atoms with Crippen LogP contribution >= 0.6 is 0 Å². The van der Waals surface area contributed by atoms with E-state index in [9.17, 15) is 61.5 Å². The number of rotatable bonds is 18. The summed E-state index contributed by atoms with van der Waals surface area (Å²) in [4.78, 5) is 0. The van der Waals surface area contributed by atoms with Crippen LogP contribution in [0.4, 0.5) is 61.5 Å². The van der Waals surface area contributed by atoms with Crippen molar-refractivity contribution in [1.82, 2.24) is 0 Å². The molecule has 0 unspecified atom stereocenters. The molecule has 0 aliphatic carbocycles. The zero-order valence-electron chi connectivity index (χ0n) is 21.1. The molecule has 0 atom stereocenters. The summed E-state index contributed by atoms with van der Waals surface area (Å²) in [6.45, 7) is 0. The van der Waals surface area contributed by atoms with Gasteiger partial charge in [-0.1, -0.05) is 0 Å². The zero-order valence-corrected chi connectivity index (χ0v) is 23.1. The van der Waals surface area contributed by atoms with Gasteiger partial charge < -0.3 is 26.6 Å². The van der Waals surface area contributed by atoms with Crippen molar-refractivity contribution in [2.24, 2.45) is 0 Å². The standard InChI is InChI=1S/C17H26F14O6Si2/c1-32-38(33-2,34-3)9-7-11(18,19)13(22,23)15(26,27)17(30,31)16(28,29)14(24,25)12(20,21)8-10-39(35-4,36-5)37-6/h7-10H2,1-6H3. The van der Waals surface area contributed by atoms with E-state index >= 15 is 0 Å². The molecule has 236 valence electrons. The minimum atomic E-state index is -8.17. The van der Waals surface area contributed by atoms with Crippen LogP contribution in [0.1, 0.15) is 12.8 Å². The van der Waals surface area contributed by atoms with E-state index in [1.54, 1.807) is 0 Å². The third-order valence-corrected chi connectivity index (χ3v) is 11.3. The summed E-state index contributed by atoms with van der Waals surface area (Å²) in [5.74, 6) is -51.9. The Morgan fingerprint density at radius 2 is 0.538 bits per heavy atom. The van der Waals surface area contributed by atoms with Gasteiger partial charge >= 0.3 is 59.1 Å². The van der Waals surface area contributed by atoms with Gasteiger partial charge in [-0.2, -0.15) is 61.5 Å². The quantitative estimate of drug-likeness (QED) is 0.135. The van der Waals surface area contributed by atoms with Crippen molar-refractivity contribution in [3.63, 3.8) is 0 Å². The van der Waals surface area contributed by atoms with E-state index in [1.807, 2.05) is 0 Å². The van der Waals surface area contributed by atoms with Crippen LogP contribution in [0.2, 0.25) is 12.1 Å². The Kier molecular flexibility index (Phi) is 12.0. The lowest BCUT2D eigenvalue weighted by Gasteiger charge is -2.43. The van der Waals surface area contributed by atoms with E-state index in [0.29, 0.717) is 0 Å². The normalized spacial score (nSPS) is 15.7. The molecular weight excluding hydrogens is 622 g/mol. The fourth-order valence-corrected chi connectivity index (χ4v) is 6.56. The molecule has 22 heteroatoms. The second-order valence-electron chi connectivity index (χ2n) is 7.87. The Morgan fingerprint density at radius 1 is 0.359 bits per heavy atom. The van der Waals surface area contributed by atoms with Crippen LogP contribution in [-0.2, 0) is 26.6 Å². The lowest BCUT2D eigenvalue weighted by Crippen LogP contribution is -2.73. The van der Waals surface area contributed by atoms with Gasteiger partial charge in [0.2, 0.25) is 0 Å². The van der Waals surface area contributed by atoms with Gasteiger partial charge in [0.25, 0.3) is 0 Å². The molecule has 0 N–H and O–H groups in total. The molecule has 0 fully saturated rings. The van der Waals surface area contributed by atoms with Gasteiger partial charge in [0.05, 0.1) is 0 Å². The van der Waals surface area contributed by atoms with Gasteiger partial charge in [0, 0.05) is 67.6 Å². The number of alkyl halides is 14. The van der Waals surface area contributed by atoms with E-state index < -0.39 is 84.0 Å². The molecule has 0 aromatic heterocycles. The first-order valence-electron chi connectivity index (χ1n) is 10.2. The molecule has 0 radical (unpaired) electrons. The molecule has 0 rings (SSSR count). The molecule has 0 bridgehead atoms. The van der Waals surface area contributed by atoms with Gasteiger partial charge in [-0.15, -0.1) is 0 Å². The first-order chi connectivity index (χ1) is 17.3. The van der Waals surface area contributed by atoms with E-state index in [2.05, 4.69) is 26.6 Å². The lowest BCUT2D eigenvalue weighted by atomic mass is 9.88. The second-order valence-corrected chi connectivity index (χ2v) is 14.1. The fraction of sp³-hybridized carbons (Fsp3) is 1.00. The van der Waals surface area contributed by atoms with Crippen LogP contribution in [0.5, 0.6) is 0 Å². The van der Waals surface area contributed by atoms with Crippen molar-refractivity contribution >= 4 is 17.6 Å². The molecule has 39 heavy (non-hydrogen) atoms. The van der Waals surface area contributed by atoms with Crippen molar-refractivity contribution in [1.29, 1.82) is 0 Å². The van der Waals surface area contributed by atoms with Crippen LogP contribution in [-0.4, -0.2) is 102 Å². The summed E-state index contributed by atoms with van der Waals surface area (Å²) in [5, 5.41) is 0. The molecular formula is C17H26F14O6Si2. The summed E-state index contributed by atoms with van der Waals surface area (Å²) >= 11 is 0. The molecule has 0 amide bonds. The van der Waals surface area contributed by atoms with E-state index in [4.69, 9.17) is 0 Å². The number of hydrogen-bond acceptors (Lipinski definition) is 6. The number of halogens is 14. The highest BCUT2D eigenvalue weighted by Gasteiger charge is 2.92. The summed E-state index contributed by atoms with van der Waals surface area (Å²) in [6.07, 6.45) is -5.05. The maximum absolute atomic E-state index is 14.1. The van der Waals surface area contributed by atoms with Gasteiger partial charge in [0.1, 0.15) is 0 Å². The largest absolute Gasteiger partial charge is 0.500 e. The Labute approximate surface area is 215 Å². The smallest absolute Gasteiger partial charge is 0.377 e. The monoisotopic (exact) mass is 648 g/mol. The Bertz CT molecular complexity index is 715. The molecule has 6 nitrogen and oxygen atoms in total.